The number of nitrogens with zero attached hydrogens (tertiary/aromatic N) is 4. The lowest BCUT2D eigenvalue weighted by Crippen LogP contribution is -2.53. The van der Waals surface area contributed by atoms with Crippen LogP contribution in [-0.4, -0.2) is 75.9 Å². The van der Waals surface area contributed by atoms with Crippen LogP contribution in [0.25, 0.3) is 0 Å². The maximum atomic E-state index is 14.5. The van der Waals surface area contributed by atoms with Gasteiger partial charge in [0, 0.05) is 24.7 Å². The van der Waals surface area contributed by atoms with Gasteiger partial charge in [0.25, 0.3) is 5.69 Å². The van der Waals surface area contributed by atoms with Gasteiger partial charge in [-0.25, -0.2) is 19.2 Å². The third-order valence-electron chi connectivity index (χ3n) is 7.43. The molecule has 2 aromatic rings. The molecule has 3 atom stereocenters. The molecule has 0 aliphatic carbocycles. The number of nitro groups is 1. The molecule has 240 valence electrons. The van der Waals surface area contributed by atoms with Crippen LogP contribution in [-0.2, 0) is 19.0 Å². The van der Waals surface area contributed by atoms with Gasteiger partial charge in [0.2, 0.25) is 5.91 Å². The minimum Gasteiger partial charge on any atom is -0.444 e. The first-order chi connectivity index (χ1) is 20.6. The number of rotatable bonds is 9. The summed E-state index contributed by atoms with van der Waals surface area (Å²) in [4.78, 5) is 46.8. The molecule has 3 heterocycles. The molecule has 4 rings (SSSR count). The fraction of sp³-hybridized carbons (Fsp3) is 0.586. The van der Waals surface area contributed by atoms with E-state index in [0.717, 1.165) is 0 Å². The molecule has 2 saturated heterocycles. The molecule has 1 aromatic carbocycles. The third kappa shape index (κ3) is 7.44. The Hall–Kier alpha value is -3.43. The molecule has 1 aromatic heterocycles. The first kappa shape index (κ1) is 33.5. The van der Waals surface area contributed by atoms with Crippen LogP contribution in [0.4, 0.5) is 20.7 Å². The number of anilines is 1. The lowest BCUT2D eigenvalue weighted by molar-refractivity contribution is -0.385. The van der Waals surface area contributed by atoms with Crippen molar-refractivity contribution in [2.45, 2.75) is 76.3 Å². The summed E-state index contributed by atoms with van der Waals surface area (Å²) in [5.41, 5.74) is -0.216. The Kier molecular flexibility index (Phi) is 10.1. The summed E-state index contributed by atoms with van der Waals surface area (Å²) in [5, 5.41) is 17.6. The second-order valence-corrected chi connectivity index (χ2v) is 12.9. The molecule has 0 saturated carbocycles. The lowest BCUT2D eigenvalue weighted by atomic mass is 9.99. The number of nitro benzene ring substituents is 1. The average Bonchev–Trinajstić information content (AvgIpc) is 3.62. The number of likely N-dealkylation sites (tertiary alicyclic amines) is 1. The van der Waals surface area contributed by atoms with Crippen LogP contribution >= 0.6 is 15.9 Å². The van der Waals surface area contributed by atoms with Crippen LogP contribution < -0.4 is 10.6 Å². The number of carbonyl (C=O) groups is 2. The normalized spacial score (nSPS) is 20.3. The zero-order valence-electron chi connectivity index (χ0n) is 25.6. The molecule has 0 spiro atoms. The fourth-order valence-electron chi connectivity index (χ4n) is 5.30. The van der Waals surface area contributed by atoms with Gasteiger partial charge in [-0.2, -0.15) is 0 Å². The summed E-state index contributed by atoms with van der Waals surface area (Å²) in [7, 11) is 0. The Morgan fingerprint density at radius 1 is 1.27 bits per heavy atom. The smallest absolute Gasteiger partial charge is 0.410 e. The van der Waals surface area contributed by atoms with E-state index in [4.69, 9.17) is 14.2 Å². The molecule has 44 heavy (non-hydrogen) atoms. The van der Waals surface area contributed by atoms with Gasteiger partial charge in [-0.05, 0) is 53.5 Å². The highest BCUT2D eigenvalue weighted by molar-refractivity contribution is 9.09. The highest BCUT2D eigenvalue weighted by Crippen LogP contribution is 2.39. The maximum absolute atomic E-state index is 14.5. The monoisotopic (exact) mass is 680 g/mol. The van der Waals surface area contributed by atoms with Crippen LogP contribution in [0.15, 0.2) is 18.2 Å². The highest BCUT2D eigenvalue weighted by Gasteiger charge is 2.44. The second-order valence-electron chi connectivity index (χ2n) is 12.0. The number of aromatic nitrogens is 2. The summed E-state index contributed by atoms with van der Waals surface area (Å²) in [6.45, 7) is 10.3. The Morgan fingerprint density at radius 3 is 2.57 bits per heavy atom. The zero-order valence-corrected chi connectivity index (χ0v) is 27.2. The van der Waals surface area contributed by atoms with Gasteiger partial charge < -0.3 is 29.7 Å². The van der Waals surface area contributed by atoms with Crippen molar-refractivity contribution in [1.29, 1.82) is 0 Å². The lowest BCUT2D eigenvalue weighted by Gasteiger charge is -2.30. The van der Waals surface area contributed by atoms with Crippen LogP contribution in [0.1, 0.15) is 79.5 Å². The van der Waals surface area contributed by atoms with E-state index in [1.54, 1.807) is 46.8 Å². The van der Waals surface area contributed by atoms with Crippen molar-refractivity contribution in [3.63, 3.8) is 0 Å². The van der Waals surface area contributed by atoms with Crippen molar-refractivity contribution < 1.29 is 33.1 Å². The fourth-order valence-corrected chi connectivity index (χ4v) is 5.77. The number of aryl methyl sites for hydroxylation is 1. The minimum absolute atomic E-state index is 0.00507. The van der Waals surface area contributed by atoms with Gasteiger partial charge in [-0.3, -0.25) is 14.9 Å². The molecule has 2 aliphatic rings. The van der Waals surface area contributed by atoms with Gasteiger partial charge in [0.1, 0.15) is 28.7 Å². The summed E-state index contributed by atoms with van der Waals surface area (Å²) < 4.78 is 31.5. The van der Waals surface area contributed by atoms with E-state index in [1.165, 1.54) is 11.0 Å². The van der Waals surface area contributed by atoms with Crippen LogP contribution in [0.2, 0.25) is 0 Å². The first-order valence-electron chi connectivity index (χ1n) is 14.3. The predicted molar refractivity (Wildman–Crippen MR) is 162 cm³/mol. The molecule has 0 radical (unpaired) electrons. The minimum atomic E-state index is -1.31. The van der Waals surface area contributed by atoms with Crippen LogP contribution in [0.3, 0.4) is 0 Å². The Balaban J connectivity index is 1.62. The molecule has 2 aliphatic heterocycles. The van der Waals surface area contributed by atoms with E-state index in [2.05, 4.69) is 36.5 Å². The number of alkyl halides is 2. The standard InChI is InChI=1S/C29H38BrFN6O7/c1-16-19(8-7-9-20(16)37(40)41)17(2)32-24-21(26-42-12-13-43-26)23(33-18(3)34-24)22(30)25(38)35-29(14-31)10-11-36(15-29)27(39)44-28(4,5)6/h7-9,17,22,26H,10-15H2,1-6H3,(H,35,38)(H,32,33,34). The van der Waals surface area contributed by atoms with Crippen molar-refractivity contribution >= 4 is 39.4 Å². The predicted octanol–water partition coefficient (Wildman–Crippen LogP) is 5.12. The Morgan fingerprint density at radius 2 is 1.95 bits per heavy atom. The van der Waals surface area contributed by atoms with Gasteiger partial charge in [0.15, 0.2) is 6.29 Å². The summed E-state index contributed by atoms with van der Waals surface area (Å²) in [6.07, 6.45) is -1.28. The van der Waals surface area contributed by atoms with Crippen LogP contribution in [0.5, 0.6) is 0 Å². The zero-order chi connectivity index (χ0) is 32.4. The largest absolute Gasteiger partial charge is 0.444 e. The molecule has 3 unspecified atom stereocenters. The Labute approximate surface area is 263 Å². The van der Waals surface area contributed by atoms with Crippen molar-refractivity contribution in [2.24, 2.45) is 0 Å². The number of hydrogen-bond donors (Lipinski definition) is 2. The SMILES string of the molecule is Cc1nc(NC(C)c2cccc([N+](=O)[O-])c2C)c(C2OCCO2)c(C(Br)C(=O)NC2(CF)CCN(C(=O)OC(C)(C)C)C2)n1. The molecule has 2 fully saturated rings. The number of nitrogens with one attached hydrogen (secondary N) is 2. The summed E-state index contributed by atoms with van der Waals surface area (Å²) >= 11 is 3.47. The number of ether oxygens (including phenoxy) is 3. The maximum Gasteiger partial charge on any atom is 0.410 e. The topological polar surface area (TPSA) is 158 Å². The quantitative estimate of drug-likeness (QED) is 0.207. The van der Waals surface area contributed by atoms with Crippen molar-refractivity contribution in [3.8, 4) is 0 Å². The highest BCUT2D eigenvalue weighted by atomic mass is 79.9. The first-order valence-corrected chi connectivity index (χ1v) is 15.2. The molecule has 2 N–H and O–H groups in total. The summed E-state index contributed by atoms with van der Waals surface area (Å²) in [5.74, 6) is 0.0911. The molecular weight excluding hydrogens is 643 g/mol. The van der Waals surface area contributed by atoms with Crippen molar-refractivity contribution in [3.05, 3.63) is 56.5 Å². The third-order valence-corrected chi connectivity index (χ3v) is 8.28. The van der Waals surface area contributed by atoms with E-state index in [1.807, 2.05) is 6.92 Å². The molecule has 15 heteroatoms. The number of carbonyl (C=O) groups excluding carboxylic acids is 2. The number of amides is 2. The van der Waals surface area contributed by atoms with Gasteiger partial charge >= 0.3 is 6.09 Å². The van der Waals surface area contributed by atoms with E-state index in [9.17, 15) is 24.1 Å². The van der Waals surface area contributed by atoms with E-state index < -0.39 is 51.9 Å². The van der Waals surface area contributed by atoms with Crippen molar-refractivity contribution in [1.82, 2.24) is 20.2 Å². The van der Waals surface area contributed by atoms with Gasteiger partial charge in [-0.15, -0.1) is 0 Å². The molecule has 2 amide bonds. The average molecular weight is 682 g/mol. The number of hydrogen-bond acceptors (Lipinski definition) is 10. The second kappa shape index (κ2) is 13.3. The summed E-state index contributed by atoms with van der Waals surface area (Å²) in [6, 6.07) is 4.41. The van der Waals surface area contributed by atoms with E-state index in [-0.39, 0.29) is 30.9 Å². The molecule has 13 nitrogen and oxygen atoms in total. The van der Waals surface area contributed by atoms with Gasteiger partial charge in [-0.1, -0.05) is 28.1 Å². The number of benzene rings is 1. The van der Waals surface area contributed by atoms with Crippen LogP contribution in [0, 0.1) is 24.0 Å². The molecular formula is C29H38BrFN6O7. The van der Waals surface area contributed by atoms with E-state index >= 15 is 0 Å². The van der Waals surface area contributed by atoms with Crippen molar-refractivity contribution in [2.75, 3.05) is 38.3 Å². The Bertz CT molecular complexity index is 1420. The number of halogens is 2. The van der Waals surface area contributed by atoms with Gasteiger partial charge in [0.05, 0.1) is 41.0 Å². The van der Waals surface area contributed by atoms with E-state index in [0.29, 0.717) is 41.5 Å². The molecule has 0 bridgehead atoms.